The van der Waals surface area contributed by atoms with Crippen LogP contribution in [0.4, 0.5) is 4.39 Å². The van der Waals surface area contributed by atoms with Crippen molar-refractivity contribution >= 4 is 23.3 Å². The summed E-state index contributed by atoms with van der Waals surface area (Å²) in [6.45, 7) is 1.61. The fraction of sp³-hybridized carbons (Fsp3) is 0.188. The van der Waals surface area contributed by atoms with E-state index >= 15 is 0 Å². The van der Waals surface area contributed by atoms with Gasteiger partial charge in [-0.05, 0) is 31.2 Å². The van der Waals surface area contributed by atoms with Crippen molar-refractivity contribution in [2.24, 2.45) is 0 Å². The van der Waals surface area contributed by atoms with Crippen LogP contribution in [-0.4, -0.2) is 23.7 Å². The third kappa shape index (κ3) is 4.24. The number of carbonyl (C=O) groups is 1. The zero-order valence-electron chi connectivity index (χ0n) is 11.5. The minimum Gasteiger partial charge on any atom is -0.394 e. The van der Waals surface area contributed by atoms with Crippen LogP contribution >= 0.6 is 11.3 Å². The van der Waals surface area contributed by atoms with Crippen molar-refractivity contribution in [3.63, 3.8) is 0 Å². The van der Waals surface area contributed by atoms with Gasteiger partial charge in [0.2, 0.25) is 5.91 Å². The Bertz CT molecular complexity index is 651. The van der Waals surface area contributed by atoms with Crippen LogP contribution in [-0.2, 0) is 4.79 Å². The minimum atomic E-state index is -0.278. The highest BCUT2D eigenvalue weighted by molar-refractivity contribution is 7.16. The fourth-order valence-electron chi connectivity index (χ4n) is 1.74. The zero-order valence-corrected chi connectivity index (χ0v) is 12.4. The summed E-state index contributed by atoms with van der Waals surface area (Å²) >= 11 is 1.41. The molecule has 0 spiro atoms. The van der Waals surface area contributed by atoms with Gasteiger partial charge < -0.3 is 10.4 Å². The van der Waals surface area contributed by atoms with Gasteiger partial charge in [-0.3, -0.25) is 4.79 Å². The highest BCUT2D eigenvalue weighted by Crippen LogP contribution is 2.30. The van der Waals surface area contributed by atoms with Gasteiger partial charge in [-0.2, -0.15) is 0 Å². The maximum absolute atomic E-state index is 13.7. The van der Waals surface area contributed by atoms with Gasteiger partial charge in [0.1, 0.15) is 5.82 Å². The van der Waals surface area contributed by atoms with Gasteiger partial charge in [0, 0.05) is 27.4 Å². The van der Waals surface area contributed by atoms with Gasteiger partial charge in [-0.15, -0.1) is 11.3 Å². The molecule has 110 valence electrons. The summed E-state index contributed by atoms with van der Waals surface area (Å²) in [6.07, 6.45) is 3.08. The average Bonchev–Trinajstić information content (AvgIpc) is 2.94. The minimum absolute atomic E-state index is 0.101. The van der Waals surface area contributed by atoms with E-state index in [0.29, 0.717) is 5.56 Å². The van der Waals surface area contributed by atoms with E-state index in [0.717, 1.165) is 9.75 Å². The molecule has 2 aromatic rings. The maximum Gasteiger partial charge on any atom is 0.244 e. The third-order valence-electron chi connectivity index (χ3n) is 2.83. The molecule has 0 fully saturated rings. The van der Waals surface area contributed by atoms with Crippen molar-refractivity contribution in [2.45, 2.75) is 13.0 Å². The Morgan fingerprint density at radius 3 is 2.86 bits per heavy atom. The Balaban J connectivity index is 2.07. The van der Waals surface area contributed by atoms with Crippen LogP contribution in [0.25, 0.3) is 16.5 Å². The van der Waals surface area contributed by atoms with Crippen LogP contribution in [0.1, 0.15) is 11.8 Å². The van der Waals surface area contributed by atoms with Crippen LogP contribution < -0.4 is 5.32 Å². The van der Waals surface area contributed by atoms with Crippen molar-refractivity contribution in [3.05, 3.63) is 53.2 Å². The molecule has 1 unspecified atom stereocenters. The molecule has 0 aliphatic rings. The van der Waals surface area contributed by atoms with E-state index in [1.165, 1.54) is 23.5 Å². The van der Waals surface area contributed by atoms with Crippen LogP contribution in [0.3, 0.4) is 0 Å². The fourth-order valence-corrected chi connectivity index (χ4v) is 2.68. The number of amides is 1. The molecular formula is C16H16FNO2S. The molecule has 1 heterocycles. The lowest BCUT2D eigenvalue weighted by atomic mass is 10.2. The number of carbonyl (C=O) groups excluding carboxylic acids is 1. The Morgan fingerprint density at radius 2 is 2.14 bits per heavy atom. The SMILES string of the molecule is CC(CO)NC(=O)/C=C/c1ccc(-c2ccccc2F)s1. The van der Waals surface area contributed by atoms with Crippen molar-refractivity contribution in [3.8, 4) is 10.4 Å². The number of nitrogens with one attached hydrogen (secondary N) is 1. The lowest BCUT2D eigenvalue weighted by molar-refractivity contribution is -0.117. The second kappa shape index (κ2) is 7.15. The first-order valence-corrected chi connectivity index (χ1v) is 7.36. The van der Waals surface area contributed by atoms with Crippen molar-refractivity contribution < 1.29 is 14.3 Å². The summed E-state index contributed by atoms with van der Waals surface area (Å²) in [5.74, 6) is -0.526. The van der Waals surface area contributed by atoms with Crippen LogP contribution in [0, 0.1) is 5.82 Å². The molecule has 2 N–H and O–H groups in total. The first kappa shape index (κ1) is 15.4. The van der Waals surface area contributed by atoms with Gasteiger partial charge >= 0.3 is 0 Å². The molecule has 0 aliphatic heterocycles. The van der Waals surface area contributed by atoms with E-state index in [1.807, 2.05) is 12.1 Å². The van der Waals surface area contributed by atoms with Crippen LogP contribution in [0.5, 0.6) is 0 Å². The lowest BCUT2D eigenvalue weighted by Gasteiger charge is -2.07. The van der Waals surface area contributed by atoms with E-state index in [-0.39, 0.29) is 24.4 Å². The van der Waals surface area contributed by atoms with E-state index in [4.69, 9.17) is 5.11 Å². The van der Waals surface area contributed by atoms with Crippen LogP contribution in [0.15, 0.2) is 42.5 Å². The molecular weight excluding hydrogens is 289 g/mol. The lowest BCUT2D eigenvalue weighted by Crippen LogP contribution is -2.33. The van der Waals surface area contributed by atoms with E-state index in [2.05, 4.69) is 5.32 Å². The van der Waals surface area contributed by atoms with Crippen molar-refractivity contribution in [1.29, 1.82) is 0 Å². The van der Waals surface area contributed by atoms with E-state index in [1.54, 1.807) is 31.2 Å². The van der Waals surface area contributed by atoms with E-state index in [9.17, 15) is 9.18 Å². The monoisotopic (exact) mass is 305 g/mol. The molecule has 0 bridgehead atoms. The molecule has 21 heavy (non-hydrogen) atoms. The molecule has 0 aliphatic carbocycles. The number of thiophene rings is 1. The largest absolute Gasteiger partial charge is 0.394 e. The Labute approximate surface area is 126 Å². The second-order valence-electron chi connectivity index (χ2n) is 4.61. The van der Waals surface area contributed by atoms with Gasteiger partial charge in [0.15, 0.2) is 0 Å². The average molecular weight is 305 g/mol. The first-order chi connectivity index (χ1) is 10.1. The molecule has 0 radical (unpaired) electrons. The second-order valence-corrected chi connectivity index (χ2v) is 5.72. The summed E-state index contributed by atoms with van der Waals surface area (Å²) in [7, 11) is 0. The Kier molecular flexibility index (Phi) is 5.25. The van der Waals surface area contributed by atoms with E-state index < -0.39 is 0 Å². The molecule has 1 aromatic carbocycles. The van der Waals surface area contributed by atoms with Gasteiger partial charge in [0.25, 0.3) is 0 Å². The number of aliphatic hydroxyl groups is 1. The topological polar surface area (TPSA) is 49.3 Å². The predicted molar refractivity (Wildman–Crippen MR) is 83.4 cm³/mol. The molecule has 1 amide bonds. The number of hydrogen-bond donors (Lipinski definition) is 2. The molecule has 1 aromatic heterocycles. The zero-order chi connectivity index (χ0) is 15.2. The highest BCUT2D eigenvalue weighted by atomic mass is 32.1. The predicted octanol–water partition coefficient (Wildman–Crippen LogP) is 3.06. The smallest absolute Gasteiger partial charge is 0.244 e. The maximum atomic E-state index is 13.7. The van der Waals surface area contributed by atoms with Crippen molar-refractivity contribution in [2.75, 3.05) is 6.61 Å². The highest BCUT2D eigenvalue weighted by Gasteiger charge is 2.07. The summed E-state index contributed by atoms with van der Waals surface area (Å²) in [4.78, 5) is 13.2. The van der Waals surface area contributed by atoms with Gasteiger partial charge in [-0.1, -0.05) is 18.2 Å². The summed E-state index contributed by atoms with van der Waals surface area (Å²) in [5.41, 5.74) is 0.556. The molecule has 0 saturated heterocycles. The van der Waals surface area contributed by atoms with Gasteiger partial charge in [-0.25, -0.2) is 4.39 Å². The first-order valence-electron chi connectivity index (χ1n) is 6.54. The quantitative estimate of drug-likeness (QED) is 0.834. The standard InChI is InChI=1S/C16H16FNO2S/c1-11(10-19)18-16(20)9-7-12-6-8-15(21-12)13-4-2-3-5-14(13)17/h2-9,11,19H,10H2,1H3,(H,18,20)/b9-7+. The molecule has 2 rings (SSSR count). The molecule has 1 atom stereocenters. The Morgan fingerprint density at radius 1 is 1.38 bits per heavy atom. The van der Waals surface area contributed by atoms with Gasteiger partial charge in [0.05, 0.1) is 6.61 Å². The number of benzene rings is 1. The normalized spacial score (nSPS) is 12.5. The number of halogens is 1. The number of hydrogen-bond acceptors (Lipinski definition) is 3. The summed E-state index contributed by atoms with van der Waals surface area (Å²) in [6, 6.07) is 9.98. The van der Waals surface area contributed by atoms with Crippen LogP contribution in [0.2, 0.25) is 0 Å². The summed E-state index contributed by atoms with van der Waals surface area (Å²) in [5, 5.41) is 11.5. The van der Waals surface area contributed by atoms with Crippen molar-refractivity contribution in [1.82, 2.24) is 5.32 Å². The Hall–Kier alpha value is -1.98. The molecule has 5 heteroatoms. The number of rotatable bonds is 5. The summed E-state index contributed by atoms with van der Waals surface area (Å²) < 4.78 is 13.7. The number of aliphatic hydroxyl groups excluding tert-OH is 1. The third-order valence-corrected chi connectivity index (χ3v) is 3.91. The molecule has 0 saturated carbocycles. The molecule has 3 nitrogen and oxygen atoms in total.